The third-order valence-electron chi connectivity index (χ3n) is 3.18. The molecule has 1 aromatic heterocycles. The standard InChI is InChI=1S/C15H21ClN2O3/c1-11(2)8-18-5-6-20-13(9-18)10-21-15(19)14-4-3-12(16)7-17-14/h3-4,7,11,13H,5-6,8-10H2,1-2H3. The Morgan fingerprint density at radius 1 is 1.57 bits per heavy atom. The molecule has 0 amide bonds. The van der Waals surface area contributed by atoms with Crippen molar-refractivity contribution in [1.29, 1.82) is 0 Å². The molecule has 0 aliphatic carbocycles. The Morgan fingerprint density at radius 2 is 2.38 bits per heavy atom. The molecule has 0 radical (unpaired) electrons. The van der Waals surface area contributed by atoms with Crippen LogP contribution in [0.15, 0.2) is 18.3 Å². The van der Waals surface area contributed by atoms with Crippen LogP contribution >= 0.6 is 11.6 Å². The number of aromatic nitrogens is 1. The van der Waals surface area contributed by atoms with Crippen molar-refractivity contribution in [1.82, 2.24) is 9.88 Å². The van der Waals surface area contributed by atoms with Gasteiger partial charge in [-0.05, 0) is 18.1 Å². The number of carbonyl (C=O) groups is 1. The minimum atomic E-state index is -0.448. The van der Waals surface area contributed by atoms with E-state index in [2.05, 4.69) is 23.7 Å². The minimum Gasteiger partial charge on any atom is -0.458 e. The van der Waals surface area contributed by atoms with Gasteiger partial charge in [0.15, 0.2) is 0 Å². The quantitative estimate of drug-likeness (QED) is 0.781. The van der Waals surface area contributed by atoms with Gasteiger partial charge in [-0.25, -0.2) is 9.78 Å². The van der Waals surface area contributed by atoms with Gasteiger partial charge in [-0.1, -0.05) is 25.4 Å². The number of carbonyl (C=O) groups excluding carboxylic acids is 1. The number of hydrogen-bond acceptors (Lipinski definition) is 5. The molecule has 5 nitrogen and oxygen atoms in total. The largest absolute Gasteiger partial charge is 0.458 e. The topological polar surface area (TPSA) is 51.7 Å². The lowest BCUT2D eigenvalue weighted by atomic mass is 10.2. The lowest BCUT2D eigenvalue weighted by Gasteiger charge is -2.33. The van der Waals surface area contributed by atoms with Crippen molar-refractivity contribution in [3.63, 3.8) is 0 Å². The number of rotatable bonds is 5. The van der Waals surface area contributed by atoms with E-state index in [-0.39, 0.29) is 18.4 Å². The summed E-state index contributed by atoms with van der Waals surface area (Å²) in [5.41, 5.74) is 0.259. The van der Waals surface area contributed by atoms with Crippen LogP contribution in [-0.2, 0) is 9.47 Å². The molecule has 2 heterocycles. The van der Waals surface area contributed by atoms with Gasteiger partial charge in [0.1, 0.15) is 18.4 Å². The molecular formula is C15H21ClN2O3. The highest BCUT2D eigenvalue weighted by Gasteiger charge is 2.22. The van der Waals surface area contributed by atoms with E-state index >= 15 is 0 Å². The molecule has 1 aromatic rings. The monoisotopic (exact) mass is 312 g/mol. The Hall–Kier alpha value is -1.17. The van der Waals surface area contributed by atoms with Gasteiger partial charge in [-0.3, -0.25) is 4.90 Å². The second-order valence-electron chi connectivity index (χ2n) is 5.61. The summed E-state index contributed by atoms with van der Waals surface area (Å²) in [5.74, 6) is 0.167. The number of esters is 1. The zero-order valence-electron chi connectivity index (χ0n) is 12.4. The first-order chi connectivity index (χ1) is 10.0. The number of pyridine rings is 1. The number of halogens is 1. The third kappa shape index (κ3) is 5.26. The highest BCUT2D eigenvalue weighted by molar-refractivity contribution is 6.30. The van der Waals surface area contributed by atoms with E-state index in [9.17, 15) is 4.79 Å². The SMILES string of the molecule is CC(C)CN1CCOC(COC(=O)c2ccc(Cl)cn2)C1. The molecule has 6 heteroatoms. The maximum absolute atomic E-state index is 11.9. The van der Waals surface area contributed by atoms with Crippen LogP contribution < -0.4 is 0 Å². The summed E-state index contributed by atoms with van der Waals surface area (Å²) in [5, 5.41) is 0.492. The first kappa shape index (κ1) is 16.2. The Labute approximate surface area is 130 Å². The van der Waals surface area contributed by atoms with Crippen LogP contribution in [-0.4, -0.2) is 54.8 Å². The second-order valence-corrected chi connectivity index (χ2v) is 6.04. The average molecular weight is 313 g/mol. The van der Waals surface area contributed by atoms with Crippen molar-refractivity contribution in [3.8, 4) is 0 Å². The van der Waals surface area contributed by atoms with Gasteiger partial charge in [-0.2, -0.15) is 0 Å². The predicted molar refractivity (Wildman–Crippen MR) is 80.5 cm³/mol. The van der Waals surface area contributed by atoms with Crippen LogP contribution in [0.25, 0.3) is 0 Å². The molecule has 21 heavy (non-hydrogen) atoms. The molecule has 0 spiro atoms. The van der Waals surface area contributed by atoms with E-state index in [1.165, 1.54) is 6.20 Å². The van der Waals surface area contributed by atoms with E-state index in [0.717, 1.165) is 19.6 Å². The molecule has 0 saturated carbocycles. The average Bonchev–Trinajstić information content (AvgIpc) is 2.45. The Kier molecular flexibility index (Phi) is 5.96. The Morgan fingerprint density at radius 3 is 3.05 bits per heavy atom. The molecule has 0 bridgehead atoms. The lowest BCUT2D eigenvalue weighted by molar-refractivity contribution is -0.0613. The molecule has 1 unspecified atom stereocenters. The maximum Gasteiger partial charge on any atom is 0.357 e. The van der Waals surface area contributed by atoms with Crippen LogP contribution in [0.2, 0.25) is 5.02 Å². The van der Waals surface area contributed by atoms with E-state index < -0.39 is 5.97 Å². The summed E-state index contributed by atoms with van der Waals surface area (Å²) in [6.45, 7) is 8.06. The van der Waals surface area contributed by atoms with Gasteiger partial charge < -0.3 is 9.47 Å². The molecule has 1 saturated heterocycles. The maximum atomic E-state index is 11.9. The van der Waals surface area contributed by atoms with Gasteiger partial charge in [0.25, 0.3) is 0 Å². The lowest BCUT2D eigenvalue weighted by Crippen LogP contribution is -2.45. The molecule has 1 aliphatic rings. The molecule has 1 atom stereocenters. The molecule has 116 valence electrons. The van der Waals surface area contributed by atoms with Crippen LogP contribution in [0.3, 0.4) is 0 Å². The summed E-state index contributed by atoms with van der Waals surface area (Å²) >= 11 is 5.73. The van der Waals surface area contributed by atoms with Crippen molar-refractivity contribution >= 4 is 17.6 Å². The van der Waals surface area contributed by atoms with Crippen molar-refractivity contribution in [2.75, 3.05) is 32.8 Å². The van der Waals surface area contributed by atoms with Crippen molar-refractivity contribution in [2.24, 2.45) is 5.92 Å². The highest BCUT2D eigenvalue weighted by atomic mass is 35.5. The first-order valence-electron chi connectivity index (χ1n) is 7.17. The first-order valence-corrected chi connectivity index (χ1v) is 7.55. The van der Waals surface area contributed by atoms with Crippen LogP contribution in [0.4, 0.5) is 0 Å². The zero-order valence-corrected chi connectivity index (χ0v) is 13.2. The molecule has 1 fully saturated rings. The summed E-state index contributed by atoms with van der Waals surface area (Å²) in [6, 6.07) is 3.17. The molecule has 0 aromatic carbocycles. The van der Waals surface area contributed by atoms with Gasteiger partial charge in [0.05, 0.1) is 11.6 Å². The number of hydrogen-bond donors (Lipinski definition) is 0. The molecule has 0 N–H and O–H groups in total. The predicted octanol–water partition coefficient (Wildman–Crippen LogP) is 2.25. The zero-order chi connectivity index (χ0) is 15.2. The second kappa shape index (κ2) is 7.73. The van der Waals surface area contributed by atoms with Crippen LogP contribution in [0.5, 0.6) is 0 Å². The fourth-order valence-electron chi connectivity index (χ4n) is 2.30. The normalized spacial score (nSPS) is 19.7. The van der Waals surface area contributed by atoms with Crippen molar-refractivity contribution < 1.29 is 14.3 Å². The summed E-state index contributed by atoms with van der Waals surface area (Å²) in [6.07, 6.45) is 1.35. The van der Waals surface area contributed by atoms with E-state index in [4.69, 9.17) is 21.1 Å². The number of nitrogens with zero attached hydrogens (tertiary/aromatic N) is 2. The minimum absolute atomic E-state index is 0.0752. The highest BCUT2D eigenvalue weighted by Crippen LogP contribution is 2.10. The summed E-state index contributed by atoms with van der Waals surface area (Å²) in [4.78, 5) is 18.1. The third-order valence-corrected chi connectivity index (χ3v) is 3.41. The van der Waals surface area contributed by atoms with Gasteiger partial charge in [0.2, 0.25) is 0 Å². The summed E-state index contributed by atoms with van der Waals surface area (Å²) in [7, 11) is 0. The van der Waals surface area contributed by atoms with Crippen LogP contribution in [0.1, 0.15) is 24.3 Å². The van der Waals surface area contributed by atoms with E-state index in [1.807, 2.05) is 0 Å². The van der Waals surface area contributed by atoms with Gasteiger partial charge in [0, 0.05) is 25.8 Å². The van der Waals surface area contributed by atoms with Crippen molar-refractivity contribution in [3.05, 3.63) is 29.0 Å². The van der Waals surface area contributed by atoms with Crippen molar-refractivity contribution in [2.45, 2.75) is 20.0 Å². The van der Waals surface area contributed by atoms with Gasteiger partial charge in [-0.15, -0.1) is 0 Å². The van der Waals surface area contributed by atoms with Gasteiger partial charge >= 0.3 is 5.97 Å². The number of morpholine rings is 1. The Balaban J connectivity index is 1.79. The fraction of sp³-hybridized carbons (Fsp3) is 0.600. The molecule has 1 aliphatic heterocycles. The van der Waals surface area contributed by atoms with E-state index in [0.29, 0.717) is 17.5 Å². The fourth-order valence-corrected chi connectivity index (χ4v) is 2.41. The Bertz CT molecular complexity index is 464. The smallest absolute Gasteiger partial charge is 0.357 e. The molecule has 2 rings (SSSR count). The summed E-state index contributed by atoms with van der Waals surface area (Å²) < 4.78 is 10.9. The molecular weight excluding hydrogens is 292 g/mol. The number of ether oxygens (including phenoxy) is 2. The van der Waals surface area contributed by atoms with E-state index in [1.54, 1.807) is 12.1 Å². The van der Waals surface area contributed by atoms with Crippen LogP contribution in [0, 0.1) is 5.92 Å².